The van der Waals surface area contributed by atoms with Crippen molar-refractivity contribution in [3.05, 3.63) is 135 Å². The molecular weight excluding hydrogens is 621 g/mol. The maximum Gasteiger partial charge on any atom is 0.418 e. The molecule has 0 aliphatic carbocycles. The molecule has 0 spiro atoms. The van der Waals surface area contributed by atoms with Gasteiger partial charge in [0, 0.05) is 11.0 Å². The fourth-order valence-corrected chi connectivity index (χ4v) is 5.34. The SMILES string of the molecule is CCC(c1nc2ccccc2c(=O)n1-c1ccc(Br)cc1)N(CCc1ccccc1)C(=O)Nc1ccccc1C(F)(F)F. The molecule has 0 saturated carbocycles. The third-order valence-electron chi connectivity index (χ3n) is 7.17. The van der Waals surface area contributed by atoms with E-state index >= 15 is 0 Å². The summed E-state index contributed by atoms with van der Waals surface area (Å²) in [6.45, 7) is 2.01. The van der Waals surface area contributed by atoms with Gasteiger partial charge in [-0.05, 0) is 66.9 Å². The molecule has 4 aromatic carbocycles. The Morgan fingerprint density at radius 2 is 1.58 bits per heavy atom. The number of hydrogen-bond acceptors (Lipinski definition) is 3. The van der Waals surface area contributed by atoms with Crippen molar-refractivity contribution < 1.29 is 18.0 Å². The molecule has 1 aromatic heterocycles. The van der Waals surface area contributed by atoms with Crippen molar-refractivity contribution in [2.75, 3.05) is 11.9 Å². The molecule has 0 bridgehead atoms. The predicted molar refractivity (Wildman–Crippen MR) is 165 cm³/mol. The first-order valence-electron chi connectivity index (χ1n) is 13.7. The zero-order chi connectivity index (χ0) is 30.6. The van der Waals surface area contributed by atoms with Crippen LogP contribution in [0, 0.1) is 0 Å². The second kappa shape index (κ2) is 12.8. The van der Waals surface area contributed by atoms with E-state index in [1.165, 1.54) is 27.7 Å². The number of nitrogens with zero attached hydrogens (tertiary/aromatic N) is 3. The summed E-state index contributed by atoms with van der Waals surface area (Å²) in [7, 11) is 0. The molecule has 0 radical (unpaired) electrons. The first kappa shape index (κ1) is 30.0. The smallest absolute Gasteiger partial charge is 0.314 e. The summed E-state index contributed by atoms with van der Waals surface area (Å²) in [6, 6.07) is 26.9. The maximum absolute atomic E-state index is 14.0. The minimum Gasteiger partial charge on any atom is -0.314 e. The molecule has 1 N–H and O–H groups in total. The van der Waals surface area contributed by atoms with E-state index < -0.39 is 23.8 Å². The lowest BCUT2D eigenvalue weighted by Crippen LogP contribution is -2.42. The number of hydrogen-bond donors (Lipinski definition) is 1. The van der Waals surface area contributed by atoms with Gasteiger partial charge in [0.1, 0.15) is 5.82 Å². The van der Waals surface area contributed by atoms with Crippen molar-refractivity contribution in [1.82, 2.24) is 14.5 Å². The number of fused-ring (bicyclic) bond motifs is 1. The number of alkyl halides is 3. The zero-order valence-electron chi connectivity index (χ0n) is 23.2. The minimum absolute atomic E-state index is 0.158. The number of amides is 2. The Hall–Kier alpha value is -4.44. The van der Waals surface area contributed by atoms with Crippen LogP contribution in [0.15, 0.2) is 112 Å². The summed E-state index contributed by atoms with van der Waals surface area (Å²) in [6.07, 6.45) is -3.89. The number of carbonyl (C=O) groups excluding carboxylic acids is 1. The number of nitrogens with one attached hydrogen (secondary N) is 1. The van der Waals surface area contributed by atoms with Crippen molar-refractivity contribution in [2.24, 2.45) is 0 Å². The second-order valence-electron chi connectivity index (χ2n) is 9.93. The highest BCUT2D eigenvalue weighted by Crippen LogP contribution is 2.35. The highest BCUT2D eigenvalue weighted by atomic mass is 79.9. The van der Waals surface area contributed by atoms with Gasteiger partial charge in [0.05, 0.1) is 33.9 Å². The molecule has 1 atom stereocenters. The van der Waals surface area contributed by atoms with E-state index in [0.717, 1.165) is 16.1 Å². The summed E-state index contributed by atoms with van der Waals surface area (Å²) in [5.41, 5.74) is 0.340. The Balaban J connectivity index is 1.64. The Bertz CT molecular complexity index is 1790. The molecule has 220 valence electrons. The van der Waals surface area contributed by atoms with E-state index in [0.29, 0.717) is 35.3 Å². The van der Waals surface area contributed by atoms with Crippen LogP contribution in [0.2, 0.25) is 0 Å². The maximum atomic E-state index is 14.0. The van der Waals surface area contributed by atoms with Crippen molar-refractivity contribution in [2.45, 2.75) is 32.0 Å². The van der Waals surface area contributed by atoms with Crippen molar-refractivity contribution in [3.63, 3.8) is 0 Å². The lowest BCUT2D eigenvalue weighted by molar-refractivity contribution is -0.136. The molecule has 10 heteroatoms. The van der Waals surface area contributed by atoms with Crippen LogP contribution in [0.4, 0.5) is 23.7 Å². The van der Waals surface area contributed by atoms with Crippen molar-refractivity contribution in [3.8, 4) is 5.69 Å². The largest absolute Gasteiger partial charge is 0.418 e. The van der Waals surface area contributed by atoms with Crippen LogP contribution < -0.4 is 10.9 Å². The number of halogens is 4. The second-order valence-corrected chi connectivity index (χ2v) is 10.8. The number of aromatic nitrogens is 2. The zero-order valence-corrected chi connectivity index (χ0v) is 24.8. The highest BCUT2D eigenvalue weighted by Gasteiger charge is 2.35. The van der Waals surface area contributed by atoms with Gasteiger partial charge in [-0.1, -0.05) is 77.5 Å². The van der Waals surface area contributed by atoms with Gasteiger partial charge in [0.15, 0.2) is 0 Å². The minimum atomic E-state index is -4.66. The number of carbonyl (C=O) groups is 1. The number of para-hydroxylation sites is 2. The topological polar surface area (TPSA) is 67.2 Å². The van der Waals surface area contributed by atoms with Gasteiger partial charge in [-0.3, -0.25) is 9.36 Å². The van der Waals surface area contributed by atoms with E-state index in [2.05, 4.69) is 21.2 Å². The normalized spacial score (nSPS) is 12.2. The summed E-state index contributed by atoms with van der Waals surface area (Å²) >= 11 is 3.43. The van der Waals surface area contributed by atoms with Crippen LogP contribution >= 0.6 is 15.9 Å². The summed E-state index contributed by atoms with van der Waals surface area (Å²) in [5, 5.41) is 2.91. The summed E-state index contributed by atoms with van der Waals surface area (Å²) in [5.74, 6) is 0.306. The van der Waals surface area contributed by atoms with Gasteiger partial charge in [-0.2, -0.15) is 13.2 Å². The Labute approximate surface area is 254 Å². The summed E-state index contributed by atoms with van der Waals surface area (Å²) in [4.78, 5) is 34.2. The molecule has 0 aliphatic heterocycles. The van der Waals surface area contributed by atoms with Crippen molar-refractivity contribution >= 4 is 38.6 Å². The van der Waals surface area contributed by atoms with E-state index in [4.69, 9.17) is 4.98 Å². The third kappa shape index (κ3) is 6.64. The summed E-state index contributed by atoms with van der Waals surface area (Å²) < 4.78 is 43.7. The average Bonchev–Trinajstić information content (AvgIpc) is 3.00. The number of rotatable bonds is 8. The van der Waals surface area contributed by atoms with E-state index in [1.54, 1.807) is 48.5 Å². The first-order valence-corrected chi connectivity index (χ1v) is 14.5. The quantitative estimate of drug-likeness (QED) is 0.184. The van der Waals surface area contributed by atoms with E-state index in [-0.39, 0.29) is 17.8 Å². The van der Waals surface area contributed by atoms with Gasteiger partial charge in [0.2, 0.25) is 0 Å². The lowest BCUT2D eigenvalue weighted by Gasteiger charge is -2.33. The monoisotopic (exact) mass is 648 g/mol. The van der Waals surface area contributed by atoms with Gasteiger partial charge in [-0.15, -0.1) is 0 Å². The van der Waals surface area contributed by atoms with Crippen LogP contribution in [0.3, 0.4) is 0 Å². The van der Waals surface area contributed by atoms with Crippen molar-refractivity contribution in [1.29, 1.82) is 0 Å². The van der Waals surface area contributed by atoms with Gasteiger partial charge >= 0.3 is 12.2 Å². The van der Waals surface area contributed by atoms with Crippen LogP contribution in [0.25, 0.3) is 16.6 Å². The predicted octanol–water partition coefficient (Wildman–Crippen LogP) is 8.39. The Morgan fingerprint density at radius 3 is 2.28 bits per heavy atom. The van der Waals surface area contributed by atoms with E-state index in [1.807, 2.05) is 37.3 Å². The molecule has 2 amide bonds. The molecule has 1 unspecified atom stereocenters. The molecule has 43 heavy (non-hydrogen) atoms. The average molecular weight is 650 g/mol. The molecule has 5 rings (SSSR count). The van der Waals surface area contributed by atoms with Crippen LogP contribution in [0.5, 0.6) is 0 Å². The van der Waals surface area contributed by atoms with Crippen LogP contribution in [0.1, 0.15) is 36.3 Å². The molecule has 6 nitrogen and oxygen atoms in total. The van der Waals surface area contributed by atoms with Crippen LogP contribution in [-0.2, 0) is 12.6 Å². The molecular formula is C33H28BrF3N4O2. The molecule has 1 heterocycles. The molecule has 0 saturated heterocycles. The van der Waals surface area contributed by atoms with Gasteiger partial charge in [0.25, 0.3) is 5.56 Å². The Morgan fingerprint density at radius 1 is 0.930 bits per heavy atom. The Kier molecular flexibility index (Phi) is 8.96. The fraction of sp³-hybridized carbons (Fsp3) is 0.182. The van der Waals surface area contributed by atoms with Gasteiger partial charge < -0.3 is 10.2 Å². The lowest BCUT2D eigenvalue weighted by atomic mass is 10.1. The molecule has 5 aromatic rings. The highest BCUT2D eigenvalue weighted by molar-refractivity contribution is 9.10. The van der Waals surface area contributed by atoms with E-state index in [9.17, 15) is 22.8 Å². The van der Waals surface area contributed by atoms with Crippen LogP contribution in [-0.4, -0.2) is 27.0 Å². The fourth-order valence-electron chi connectivity index (χ4n) is 5.07. The molecule has 0 fully saturated rings. The third-order valence-corrected chi connectivity index (χ3v) is 7.70. The number of benzene rings is 4. The first-order chi connectivity index (χ1) is 20.7. The molecule has 0 aliphatic rings. The number of urea groups is 1. The number of anilines is 1. The standard InChI is InChI=1S/C33H28BrF3N4O2/c1-2-29(30-38-27-14-8-6-12-25(27)31(42)41(30)24-18-16-23(34)17-19-24)40(21-20-22-10-4-3-5-11-22)32(43)39-28-15-9-7-13-26(28)33(35,36)37/h3-19,29H,2,20-21H2,1H3,(H,39,43). The van der Waals surface area contributed by atoms with Gasteiger partial charge in [-0.25, -0.2) is 9.78 Å².